The molecule has 4 rings (SSSR count). The Morgan fingerprint density at radius 2 is 1.97 bits per heavy atom. The van der Waals surface area contributed by atoms with Gasteiger partial charge in [-0.15, -0.1) is 11.3 Å². The van der Waals surface area contributed by atoms with Gasteiger partial charge in [0.25, 0.3) is 15.9 Å². The van der Waals surface area contributed by atoms with Gasteiger partial charge in [-0.3, -0.25) is 4.79 Å². The lowest BCUT2D eigenvalue weighted by atomic mass is 10.0. The van der Waals surface area contributed by atoms with E-state index in [-0.39, 0.29) is 15.6 Å². The summed E-state index contributed by atoms with van der Waals surface area (Å²) in [5.41, 5.74) is 0.667. The fourth-order valence-electron chi connectivity index (χ4n) is 3.99. The number of hydrogen-bond acceptors (Lipinski definition) is 8. The molecule has 196 valence electrons. The van der Waals surface area contributed by atoms with Crippen molar-refractivity contribution in [1.82, 2.24) is 8.87 Å². The predicted molar refractivity (Wildman–Crippen MR) is 139 cm³/mol. The minimum absolute atomic E-state index is 0.0507. The van der Waals surface area contributed by atoms with Crippen LogP contribution in [0.2, 0.25) is 4.34 Å². The average Bonchev–Trinajstić information content (AvgIpc) is 3.42. The molecular formula is C21H25ClN4O6S4. The predicted octanol–water partition coefficient (Wildman–Crippen LogP) is 2.77. The van der Waals surface area contributed by atoms with Crippen molar-refractivity contribution in [1.29, 1.82) is 0 Å². The van der Waals surface area contributed by atoms with Crippen molar-refractivity contribution in [2.24, 2.45) is 10.1 Å². The van der Waals surface area contributed by atoms with Crippen LogP contribution in [0.3, 0.4) is 0 Å². The molecule has 1 aliphatic rings. The van der Waals surface area contributed by atoms with Crippen molar-refractivity contribution >= 4 is 70.4 Å². The van der Waals surface area contributed by atoms with E-state index in [2.05, 4.69) is 4.99 Å². The third-order valence-electron chi connectivity index (χ3n) is 5.70. The first-order valence-electron chi connectivity index (χ1n) is 11.1. The largest absolute Gasteiger partial charge is 0.380 e. The van der Waals surface area contributed by atoms with Gasteiger partial charge in [0.15, 0.2) is 4.80 Å². The molecule has 0 aliphatic carbocycles. The Morgan fingerprint density at radius 3 is 2.64 bits per heavy atom. The number of amides is 1. The second kappa shape index (κ2) is 11.0. The van der Waals surface area contributed by atoms with Crippen LogP contribution in [0.4, 0.5) is 0 Å². The molecule has 1 atom stereocenters. The number of nitrogens with zero attached hydrogens (tertiary/aromatic N) is 3. The van der Waals surface area contributed by atoms with Gasteiger partial charge in [0.05, 0.1) is 26.1 Å². The minimum atomic E-state index is -3.92. The van der Waals surface area contributed by atoms with Crippen LogP contribution in [0.15, 0.2) is 44.4 Å². The van der Waals surface area contributed by atoms with Crippen LogP contribution in [-0.4, -0.2) is 57.4 Å². The first-order valence-corrected chi connectivity index (χ1v) is 16.1. The first kappa shape index (κ1) is 27.4. The number of halogens is 1. The maximum absolute atomic E-state index is 13.4. The number of carbonyl (C=O) groups is 1. The van der Waals surface area contributed by atoms with Crippen molar-refractivity contribution in [2.45, 2.75) is 47.9 Å². The van der Waals surface area contributed by atoms with Crippen molar-refractivity contribution < 1.29 is 26.4 Å². The second-order valence-corrected chi connectivity index (χ2v) is 14.4. The van der Waals surface area contributed by atoms with E-state index in [4.69, 9.17) is 21.5 Å². The van der Waals surface area contributed by atoms with Crippen molar-refractivity contribution in [3.05, 3.63) is 39.5 Å². The number of rotatable bonds is 8. The number of thiazole rings is 1. The summed E-state index contributed by atoms with van der Waals surface area (Å²) in [6, 6.07) is 6.45. The standard InChI is InChI=1S/C21H25ClN4O6S4/c1-2-32-12-11-25-15-7-6-14(35(23,28)29)13-17(15)33-21(25)24-20(27)16-5-3-4-10-26(16)36(30,31)19-9-8-18(22)34-19/h6-9,13,16H,2-5,10-12H2,1H3,(H2,23,28,29). The summed E-state index contributed by atoms with van der Waals surface area (Å²) in [6.07, 6.45) is 1.67. The second-order valence-electron chi connectivity index (χ2n) is 8.04. The van der Waals surface area contributed by atoms with Crippen molar-refractivity contribution in [3.8, 4) is 0 Å². The van der Waals surface area contributed by atoms with Crippen LogP contribution < -0.4 is 9.94 Å². The zero-order valence-electron chi connectivity index (χ0n) is 19.3. The third-order valence-corrected chi connectivity index (χ3v) is 11.3. The Bertz CT molecular complexity index is 1560. The first-order chi connectivity index (χ1) is 17.0. The highest BCUT2D eigenvalue weighted by Crippen LogP contribution is 2.32. The maximum Gasteiger partial charge on any atom is 0.266 e. The lowest BCUT2D eigenvalue weighted by Crippen LogP contribution is -2.47. The van der Waals surface area contributed by atoms with E-state index in [9.17, 15) is 21.6 Å². The lowest BCUT2D eigenvalue weighted by Gasteiger charge is -2.31. The molecule has 3 aromatic rings. The van der Waals surface area contributed by atoms with Gasteiger partial charge < -0.3 is 9.30 Å². The van der Waals surface area contributed by atoms with Gasteiger partial charge in [0.1, 0.15) is 10.3 Å². The topological polar surface area (TPSA) is 141 Å². The van der Waals surface area contributed by atoms with Gasteiger partial charge in [0.2, 0.25) is 10.0 Å². The molecule has 1 aromatic carbocycles. The Kier molecular flexibility index (Phi) is 8.36. The molecular weight excluding hydrogens is 568 g/mol. The Hall–Kier alpha value is -1.65. The molecule has 36 heavy (non-hydrogen) atoms. The van der Waals surface area contributed by atoms with Gasteiger partial charge in [-0.1, -0.05) is 29.4 Å². The molecule has 1 amide bonds. The molecule has 1 unspecified atom stereocenters. The smallest absolute Gasteiger partial charge is 0.266 e. The number of sulfonamides is 2. The van der Waals surface area contributed by atoms with E-state index < -0.39 is 32.0 Å². The summed E-state index contributed by atoms with van der Waals surface area (Å²) < 4.78 is 59.6. The van der Waals surface area contributed by atoms with Gasteiger partial charge in [-0.05, 0) is 50.1 Å². The number of thiophene rings is 1. The number of fused-ring (bicyclic) bond motifs is 1. The fraction of sp³-hybridized carbons (Fsp3) is 0.429. The van der Waals surface area contributed by atoms with Crippen molar-refractivity contribution in [3.63, 3.8) is 0 Å². The number of nitrogens with two attached hydrogens (primary N) is 1. The molecule has 1 aliphatic heterocycles. The zero-order chi connectivity index (χ0) is 26.1. The van der Waals surface area contributed by atoms with Gasteiger partial charge in [-0.25, -0.2) is 22.0 Å². The van der Waals surface area contributed by atoms with Gasteiger partial charge in [-0.2, -0.15) is 9.30 Å². The zero-order valence-corrected chi connectivity index (χ0v) is 23.3. The number of piperidine rings is 1. The number of primary sulfonamides is 1. The molecule has 2 N–H and O–H groups in total. The summed E-state index contributed by atoms with van der Waals surface area (Å²) in [7, 11) is -7.83. The number of ether oxygens (including phenoxy) is 1. The van der Waals surface area contributed by atoms with Crippen LogP contribution in [0.1, 0.15) is 26.2 Å². The van der Waals surface area contributed by atoms with E-state index in [0.29, 0.717) is 58.4 Å². The highest BCUT2D eigenvalue weighted by atomic mass is 35.5. The van der Waals surface area contributed by atoms with Crippen LogP contribution in [-0.2, 0) is 36.1 Å². The summed E-state index contributed by atoms with van der Waals surface area (Å²) in [5, 5.41) is 5.28. The SMILES string of the molecule is CCOCCn1c(=NC(=O)C2CCCCN2S(=O)(=O)c2ccc(Cl)s2)sc2cc(S(N)(=O)=O)ccc21. The van der Waals surface area contributed by atoms with Crippen LogP contribution >= 0.6 is 34.3 Å². The molecule has 0 spiro atoms. The summed E-state index contributed by atoms with van der Waals surface area (Å²) >= 11 is 8.03. The van der Waals surface area contributed by atoms with Gasteiger partial charge >= 0.3 is 0 Å². The quantitative estimate of drug-likeness (QED) is 0.399. The summed E-state index contributed by atoms with van der Waals surface area (Å²) in [6.45, 7) is 3.30. The van der Waals surface area contributed by atoms with Crippen LogP contribution in [0, 0.1) is 0 Å². The third kappa shape index (κ3) is 5.75. The molecule has 3 heterocycles. The fourth-order valence-corrected chi connectivity index (χ4v) is 8.97. The van der Waals surface area contributed by atoms with E-state index in [1.807, 2.05) is 6.92 Å². The molecule has 0 bridgehead atoms. The van der Waals surface area contributed by atoms with Crippen LogP contribution in [0.25, 0.3) is 10.2 Å². The summed E-state index contributed by atoms with van der Waals surface area (Å²) in [5.74, 6) is -0.579. The lowest BCUT2D eigenvalue weighted by molar-refractivity contribution is -0.122. The molecule has 2 aromatic heterocycles. The Balaban J connectivity index is 1.76. The van der Waals surface area contributed by atoms with E-state index in [0.717, 1.165) is 22.7 Å². The molecule has 0 saturated carbocycles. The molecule has 1 fully saturated rings. The number of aromatic nitrogens is 1. The van der Waals surface area contributed by atoms with E-state index in [1.54, 1.807) is 10.6 Å². The molecule has 0 radical (unpaired) electrons. The molecule has 15 heteroatoms. The number of carbonyl (C=O) groups excluding carboxylic acids is 1. The Morgan fingerprint density at radius 1 is 1.19 bits per heavy atom. The normalized spacial score (nSPS) is 18.2. The van der Waals surface area contributed by atoms with Gasteiger partial charge in [0, 0.05) is 19.7 Å². The van der Waals surface area contributed by atoms with Crippen molar-refractivity contribution in [2.75, 3.05) is 19.8 Å². The molecule has 10 nitrogen and oxygen atoms in total. The van der Waals surface area contributed by atoms with E-state index in [1.165, 1.54) is 28.6 Å². The van der Waals surface area contributed by atoms with Crippen LogP contribution in [0.5, 0.6) is 0 Å². The highest BCUT2D eigenvalue weighted by molar-refractivity contribution is 7.91. The monoisotopic (exact) mass is 592 g/mol. The minimum Gasteiger partial charge on any atom is -0.380 e. The summed E-state index contributed by atoms with van der Waals surface area (Å²) in [4.78, 5) is 18.0. The Labute approximate surface area is 222 Å². The maximum atomic E-state index is 13.4. The number of benzene rings is 1. The number of hydrogen-bond donors (Lipinski definition) is 1. The highest BCUT2D eigenvalue weighted by Gasteiger charge is 2.38. The molecule has 1 saturated heterocycles. The average molecular weight is 593 g/mol. The van der Waals surface area contributed by atoms with E-state index >= 15 is 0 Å².